The molecule has 1 aliphatic rings. The zero-order valence-corrected chi connectivity index (χ0v) is 13.5. The lowest BCUT2D eigenvalue weighted by Crippen LogP contribution is -2.50. The van der Waals surface area contributed by atoms with Crippen LogP contribution in [0.5, 0.6) is 0 Å². The van der Waals surface area contributed by atoms with Gasteiger partial charge in [0, 0.05) is 32.4 Å². The number of piperazine rings is 1. The molecule has 0 aromatic carbocycles. The normalized spacial score (nSPS) is 14.7. The van der Waals surface area contributed by atoms with Gasteiger partial charge >= 0.3 is 6.09 Å². The Morgan fingerprint density at radius 1 is 1.22 bits per heavy atom. The van der Waals surface area contributed by atoms with Gasteiger partial charge in [0.15, 0.2) is 0 Å². The van der Waals surface area contributed by atoms with Crippen LogP contribution in [0.25, 0.3) is 0 Å². The average molecular weight is 342 g/mol. The van der Waals surface area contributed by atoms with Gasteiger partial charge in [-0.3, -0.25) is 9.52 Å². The van der Waals surface area contributed by atoms with Crippen molar-refractivity contribution in [3.8, 4) is 0 Å². The van der Waals surface area contributed by atoms with Gasteiger partial charge in [-0.25, -0.2) is 18.2 Å². The van der Waals surface area contributed by atoms with E-state index in [1.807, 2.05) is 0 Å². The Morgan fingerprint density at radius 2 is 1.87 bits per heavy atom. The lowest BCUT2D eigenvalue weighted by atomic mass is 10.2. The lowest BCUT2D eigenvalue weighted by Gasteiger charge is -2.34. The molecule has 9 nitrogen and oxygen atoms in total. The summed E-state index contributed by atoms with van der Waals surface area (Å²) >= 11 is 0. The van der Waals surface area contributed by atoms with Gasteiger partial charge in [0.2, 0.25) is 10.9 Å². The Hall–Kier alpha value is -2.36. The molecule has 0 atom stereocenters. The number of ether oxygens (including phenoxy) is 1. The van der Waals surface area contributed by atoms with Crippen molar-refractivity contribution in [2.24, 2.45) is 0 Å². The van der Waals surface area contributed by atoms with E-state index in [0.29, 0.717) is 38.3 Å². The maximum absolute atomic E-state index is 12.3. The van der Waals surface area contributed by atoms with Gasteiger partial charge in [0.25, 0.3) is 5.91 Å². The van der Waals surface area contributed by atoms with Crippen LogP contribution in [0.3, 0.4) is 0 Å². The van der Waals surface area contributed by atoms with Crippen molar-refractivity contribution in [2.45, 2.75) is 6.92 Å². The van der Waals surface area contributed by atoms with Crippen LogP contribution in [0.4, 0.5) is 10.6 Å². The molecule has 2 rings (SSSR count). The minimum Gasteiger partial charge on any atom is -0.450 e. The number of anilines is 1. The lowest BCUT2D eigenvalue weighted by molar-refractivity contribution is 0.0570. The molecule has 1 aromatic heterocycles. The molecular formula is C13H18N4O5S. The maximum atomic E-state index is 12.3. The summed E-state index contributed by atoms with van der Waals surface area (Å²) in [6.45, 7) is 3.70. The van der Waals surface area contributed by atoms with Gasteiger partial charge in [0.05, 0.1) is 12.2 Å². The molecule has 0 aliphatic carbocycles. The van der Waals surface area contributed by atoms with Crippen molar-refractivity contribution in [3.63, 3.8) is 0 Å². The number of nitrogens with zero attached hydrogens (tertiary/aromatic N) is 3. The van der Waals surface area contributed by atoms with Crippen LogP contribution in [0, 0.1) is 0 Å². The van der Waals surface area contributed by atoms with Gasteiger partial charge < -0.3 is 14.5 Å². The molecule has 1 N–H and O–H groups in total. The van der Waals surface area contributed by atoms with Gasteiger partial charge in [-0.1, -0.05) is 0 Å². The van der Waals surface area contributed by atoms with E-state index in [2.05, 4.69) is 9.71 Å². The molecule has 1 aromatic rings. The first-order chi connectivity index (χ1) is 11.0. The van der Waals surface area contributed by atoms with Crippen LogP contribution in [-0.2, 0) is 15.6 Å². The molecule has 0 radical (unpaired) electrons. The van der Waals surface area contributed by atoms with E-state index in [0.717, 1.165) is 0 Å². The van der Waals surface area contributed by atoms with E-state index in [-0.39, 0.29) is 17.8 Å². The van der Waals surface area contributed by atoms with Crippen LogP contribution < -0.4 is 4.72 Å². The van der Waals surface area contributed by atoms with Crippen molar-refractivity contribution < 1.29 is 22.7 Å². The number of hydrogen-bond donors (Lipinski definition) is 2. The number of hydrogen-bond acceptors (Lipinski definition) is 6. The topological polar surface area (TPSA) is 109 Å². The zero-order chi connectivity index (χ0) is 16.8. The second-order valence-electron chi connectivity index (χ2n) is 4.78. The minimum atomic E-state index is -2.79. The average Bonchev–Trinajstić information content (AvgIpc) is 2.55. The highest BCUT2D eigenvalue weighted by Gasteiger charge is 2.25. The van der Waals surface area contributed by atoms with Crippen LogP contribution in [0.2, 0.25) is 0 Å². The Labute approximate surface area is 135 Å². The number of nitrogens with one attached hydrogen (secondary N) is 1. The van der Waals surface area contributed by atoms with Gasteiger partial charge in [-0.15, -0.1) is 0 Å². The molecule has 23 heavy (non-hydrogen) atoms. The molecule has 1 aliphatic heterocycles. The molecule has 0 unspecified atom stereocenters. The fourth-order valence-corrected chi connectivity index (χ4v) is 2.49. The fraction of sp³-hybridized carbons (Fsp3) is 0.462. The number of amides is 2. The summed E-state index contributed by atoms with van der Waals surface area (Å²) in [5, 5.41) is 0. The van der Waals surface area contributed by atoms with Crippen LogP contribution >= 0.6 is 0 Å². The first kappa shape index (κ1) is 17.0. The van der Waals surface area contributed by atoms with E-state index < -0.39 is 10.9 Å². The number of rotatable bonds is 4. The molecular weight excluding hydrogens is 324 g/mol. The number of carbonyl (C=O) groups excluding carboxylic acids is 2. The summed E-state index contributed by atoms with van der Waals surface area (Å²) in [4.78, 5) is 31.0. The fourth-order valence-electron chi connectivity index (χ4n) is 2.17. The van der Waals surface area contributed by atoms with E-state index in [1.54, 1.807) is 16.7 Å². The molecule has 2 heterocycles. The Bertz CT molecular complexity index is 630. The SMILES string of the molecule is CCOC(=O)N1CCN(C(=O)c2ccc(N[SH](=O)=O)nc2)CC1. The summed E-state index contributed by atoms with van der Waals surface area (Å²) < 4.78 is 28.1. The smallest absolute Gasteiger partial charge is 0.409 e. The second-order valence-corrected chi connectivity index (χ2v) is 5.52. The second kappa shape index (κ2) is 7.77. The molecule has 1 fully saturated rings. The monoisotopic (exact) mass is 342 g/mol. The van der Waals surface area contributed by atoms with Crippen molar-refractivity contribution in [2.75, 3.05) is 37.5 Å². The third kappa shape index (κ3) is 4.55. The quantitative estimate of drug-likeness (QED) is 0.742. The number of carbonyl (C=O) groups is 2. The largest absolute Gasteiger partial charge is 0.450 e. The summed E-state index contributed by atoms with van der Waals surface area (Å²) in [7, 11) is -2.79. The molecule has 10 heteroatoms. The highest BCUT2D eigenvalue weighted by atomic mass is 32.2. The zero-order valence-electron chi connectivity index (χ0n) is 12.6. The van der Waals surface area contributed by atoms with Crippen molar-refractivity contribution in [3.05, 3.63) is 23.9 Å². The Morgan fingerprint density at radius 3 is 2.39 bits per heavy atom. The Kier molecular flexibility index (Phi) is 5.74. The van der Waals surface area contributed by atoms with Crippen LogP contribution in [0.15, 0.2) is 18.3 Å². The van der Waals surface area contributed by atoms with Gasteiger partial charge in [-0.2, -0.15) is 0 Å². The summed E-state index contributed by atoms with van der Waals surface area (Å²) in [6.07, 6.45) is 0.949. The van der Waals surface area contributed by atoms with Crippen molar-refractivity contribution in [1.82, 2.24) is 14.8 Å². The molecule has 1 saturated heterocycles. The molecule has 0 spiro atoms. The van der Waals surface area contributed by atoms with E-state index in [4.69, 9.17) is 4.74 Å². The number of aromatic nitrogens is 1. The summed E-state index contributed by atoms with van der Waals surface area (Å²) in [5.74, 6) is -0.0520. The Balaban J connectivity index is 1.93. The highest BCUT2D eigenvalue weighted by molar-refractivity contribution is 7.73. The predicted molar refractivity (Wildman–Crippen MR) is 82.7 cm³/mol. The van der Waals surface area contributed by atoms with Crippen LogP contribution in [-0.4, -0.2) is 68.0 Å². The highest BCUT2D eigenvalue weighted by Crippen LogP contribution is 2.11. The van der Waals surface area contributed by atoms with Crippen LogP contribution in [0.1, 0.15) is 17.3 Å². The van der Waals surface area contributed by atoms with E-state index >= 15 is 0 Å². The standard InChI is InChI=1S/C13H18N4O5S/c1-2-22-13(19)17-7-5-16(6-8-17)12(18)10-3-4-11(14-9-10)15-23(20)21/h3-4,9,23H,2,5-8H2,1H3,(H,14,15,20,21). The van der Waals surface area contributed by atoms with Gasteiger partial charge in [-0.05, 0) is 19.1 Å². The first-order valence-corrected chi connectivity index (χ1v) is 8.27. The van der Waals surface area contributed by atoms with E-state index in [9.17, 15) is 18.0 Å². The summed E-state index contributed by atoms with van der Waals surface area (Å²) in [5.41, 5.74) is 0.362. The number of thiol groups is 1. The minimum absolute atomic E-state index is 0.157. The molecule has 0 saturated carbocycles. The maximum Gasteiger partial charge on any atom is 0.409 e. The van der Waals surface area contributed by atoms with E-state index in [1.165, 1.54) is 18.3 Å². The molecule has 0 bridgehead atoms. The number of pyridine rings is 1. The molecule has 2 amide bonds. The third-order valence-electron chi connectivity index (χ3n) is 3.31. The molecule has 126 valence electrons. The summed E-state index contributed by atoms with van der Waals surface area (Å²) in [6, 6.07) is 2.93. The van der Waals surface area contributed by atoms with Crippen molar-refractivity contribution >= 4 is 28.7 Å². The predicted octanol–water partition coefficient (Wildman–Crippen LogP) is -0.0658. The van der Waals surface area contributed by atoms with Crippen molar-refractivity contribution in [1.29, 1.82) is 0 Å². The first-order valence-electron chi connectivity index (χ1n) is 7.09. The van der Waals surface area contributed by atoms with Gasteiger partial charge in [0.1, 0.15) is 5.82 Å². The third-order valence-corrected chi connectivity index (χ3v) is 3.72.